The van der Waals surface area contributed by atoms with Gasteiger partial charge in [0.25, 0.3) is 0 Å². The van der Waals surface area contributed by atoms with Gasteiger partial charge in [-0.2, -0.15) is 0 Å². The Morgan fingerprint density at radius 2 is 1.50 bits per heavy atom. The van der Waals surface area contributed by atoms with E-state index >= 15 is 0 Å². The van der Waals surface area contributed by atoms with Gasteiger partial charge in [0, 0.05) is 12.5 Å². The highest BCUT2D eigenvalue weighted by Gasteiger charge is 2.67. The van der Waals surface area contributed by atoms with Crippen LogP contribution < -0.4 is 0 Å². The standard InChI is InChI=1S/C20H17NO3/c1-2-21-18(22)16-15-11-7-3-5-9-13(11)20(24,17(16)19(21)23)14-10-6-4-8-12(14)15/h3-10,15-17,24H,2H2,1H3. The molecule has 24 heavy (non-hydrogen) atoms. The van der Waals surface area contributed by atoms with Crippen molar-refractivity contribution in [2.45, 2.75) is 18.4 Å². The number of imide groups is 1. The first-order valence-electron chi connectivity index (χ1n) is 8.37. The molecule has 2 aromatic carbocycles. The SMILES string of the molecule is CCN1C(=O)C2C3c4ccccc4C(O)(c4ccccc43)C2C1=O. The molecule has 1 saturated heterocycles. The van der Waals surface area contributed by atoms with Gasteiger partial charge in [0.2, 0.25) is 11.8 Å². The summed E-state index contributed by atoms with van der Waals surface area (Å²) in [6.07, 6.45) is 0. The Hall–Kier alpha value is -2.46. The third-order valence-electron chi connectivity index (χ3n) is 5.98. The molecule has 2 amide bonds. The first-order chi connectivity index (χ1) is 11.6. The summed E-state index contributed by atoms with van der Waals surface area (Å²) in [6.45, 7) is 2.15. The van der Waals surface area contributed by atoms with Crippen LogP contribution in [0.3, 0.4) is 0 Å². The highest BCUT2D eigenvalue weighted by molar-refractivity contribution is 6.08. The van der Waals surface area contributed by atoms with E-state index in [4.69, 9.17) is 0 Å². The number of nitrogens with zero attached hydrogens (tertiary/aromatic N) is 1. The smallest absolute Gasteiger partial charge is 0.236 e. The number of hydrogen-bond donors (Lipinski definition) is 1. The number of hydrogen-bond acceptors (Lipinski definition) is 3. The van der Waals surface area contributed by atoms with Crippen molar-refractivity contribution in [3.8, 4) is 0 Å². The molecule has 2 unspecified atom stereocenters. The minimum absolute atomic E-state index is 0.153. The lowest BCUT2D eigenvalue weighted by Crippen LogP contribution is -2.53. The minimum Gasteiger partial charge on any atom is -0.379 e. The Labute approximate surface area is 139 Å². The highest BCUT2D eigenvalue weighted by Crippen LogP contribution is 2.62. The van der Waals surface area contributed by atoms with Crippen LogP contribution in [-0.4, -0.2) is 28.4 Å². The van der Waals surface area contributed by atoms with Gasteiger partial charge in [-0.1, -0.05) is 48.5 Å². The highest BCUT2D eigenvalue weighted by atomic mass is 16.3. The zero-order valence-electron chi connectivity index (χ0n) is 13.3. The average Bonchev–Trinajstić information content (AvgIpc) is 2.87. The molecule has 2 bridgehead atoms. The Bertz CT molecular complexity index is 856. The zero-order chi connectivity index (χ0) is 16.6. The van der Waals surface area contributed by atoms with E-state index in [1.165, 1.54) is 4.90 Å². The van der Waals surface area contributed by atoms with Crippen molar-refractivity contribution in [2.75, 3.05) is 6.54 Å². The molecule has 1 fully saturated rings. The second-order valence-corrected chi connectivity index (χ2v) is 6.84. The van der Waals surface area contributed by atoms with Crippen LogP contribution in [0.5, 0.6) is 0 Å². The van der Waals surface area contributed by atoms with E-state index in [-0.39, 0.29) is 17.7 Å². The number of benzene rings is 2. The molecule has 6 rings (SSSR count). The largest absolute Gasteiger partial charge is 0.379 e. The fourth-order valence-corrected chi connectivity index (χ4v) is 5.10. The molecule has 0 saturated carbocycles. The summed E-state index contributed by atoms with van der Waals surface area (Å²) in [4.78, 5) is 27.2. The minimum atomic E-state index is -1.43. The first-order valence-corrected chi connectivity index (χ1v) is 8.37. The van der Waals surface area contributed by atoms with E-state index in [2.05, 4.69) is 0 Å². The van der Waals surface area contributed by atoms with Crippen molar-refractivity contribution in [1.29, 1.82) is 0 Å². The molecule has 3 aliphatic carbocycles. The normalized spacial score (nSPS) is 32.6. The molecule has 1 aliphatic heterocycles. The lowest BCUT2D eigenvalue weighted by molar-refractivity contribution is -0.141. The molecule has 120 valence electrons. The van der Waals surface area contributed by atoms with Gasteiger partial charge in [-0.05, 0) is 29.2 Å². The number of carbonyl (C=O) groups is 2. The van der Waals surface area contributed by atoms with Crippen LogP contribution in [0, 0.1) is 11.8 Å². The second kappa shape index (κ2) is 4.33. The van der Waals surface area contributed by atoms with Gasteiger partial charge >= 0.3 is 0 Å². The van der Waals surface area contributed by atoms with Crippen molar-refractivity contribution in [2.24, 2.45) is 11.8 Å². The predicted octanol–water partition coefficient (Wildman–Crippen LogP) is 2.00. The van der Waals surface area contributed by atoms with E-state index < -0.39 is 17.4 Å². The molecular formula is C20H17NO3. The molecule has 2 atom stereocenters. The van der Waals surface area contributed by atoms with Crippen LogP contribution in [0.2, 0.25) is 0 Å². The van der Waals surface area contributed by atoms with E-state index in [1.54, 1.807) is 6.92 Å². The molecule has 2 aromatic rings. The van der Waals surface area contributed by atoms with Gasteiger partial charge in [-0.25, -0.2) is 0 Å². The van der Waals surface area contributed by atoms with Crippen molar-refractivity contribution < 1.29 is 14.7 Å². The van der Waals surface area contributed by atoms with Gasteiger partial charge in [-0.3, -0.25) is 14.5 Å². The summed E-state index contributed by atoms with van der Waals surface area (Å²) >= 11 is 0. The molecule has 0 aromatic heterocycles. The molecule has 0 radical (unpaired) electrons. The monoisotopic (exact) mass is 319 g/mol. The van der Waals surface area contributed by atoms with Crippen LogP contribution in [-0.2, 0) is 15.2 Å². The number of aliphatic hydroxyl groups is 1. The Kier molecular flexibility index (Phi) is 2.52. The van der Waals surface area contributed by atoms with Crippen LogP contribution in [0.15, 0.2) is 48.5 Å². The summed E-state index contributed by atoms with van der Waals surface area (Å²) in [6, 6.07) is 15.4. The van der Waals surface area contributed by atoms with E-state index in [9.17, 15) is 14.7 Å². The van der Waals surface area contributed by atoms with Crippen LogP contribution in [0.1, 0.15) is 35.1 Å². The summed E-state index contributed by atoms with van der Waals surface area (Å²) in [7, 11) is 0. The molecule has 4 heteroatoms. The Morgan fingerprint density at radius 1 is 0.958 bits per heavy atom. The number of likely N-dealkylation sites (tertiary alicyclic amines) is 1. The Morgan fingerprint density at radius 3 is 2.04 bits per heavy atom. The van der Waals surface area contributed by atoms with Gasteiger partial charge in [0.05, 0.1) is 11.8 Å². The quantitative estimate of drug-likeness (QED) is 0.818. The zero-order valence-corrected chi connectivity index (χ0v) is 13.3. The van der Waals surface area contributed by atoms with E-state index in [1.807, 2.05) is 48.5 Å². The number of rotatable bonds is 1. The summed E-state index contributed by atoms with van der Waals surface area (Å²) < 4.78 is 0. The van der Waals surface area contributed by atoms with Gasteiger partial charge < -0.3 is 5.11 Å². The summed E-state index contributed by atoms with van der Waals surface area (Å²) in [5.41, 5.74) is 2.06. The average molecular weight is 319 g/mol. The molecule has 1 heterocycles. The molecule has 0 spiro atoms. The molecular weight excluding hydrogens is 302 g/mol. The fraction of sp³-hybridized carbons (Fsp3) is 0.300. The van der Waals surface area contributed by atoms with Crippen molar-refractivity contribution in [3.05, 3.63) is 70.8 Å². The van der Waals surface area contributed by atoms with Gasteiger partial charge in [0.15, 0.2) is 0 Å². The molecule has 4 nitrogen and oxygen atoms in total. The number of carbonyl (C=O) groups excluding carboxylic acids is 2. The third-order valence-corrected chi connectivity index (χ3v) is 5.98. The summed E-state index contributed by atoms with van der Waals surface area (Å²) in [5.74, 6) is -1.79. The maximum atomic E-state index is 12.9. The van der Waals surface area contributed by atoms with Gasteiger partial charge in [0.1, 0.15) is 5.60 Å². The van der Waals surface area contributed by atoms with Crippen LogP contribution in [0.25, 0.3) is 0 Å². The van der Waals surface area contributed by atoms with Crippen molar-refractivity contribution >= 4 is 11.8 Å². The molecule has 4 aliphatic rings. The van der Waals surface area contributed by atoms with Crippen molar-refractivity contribution in [1.82, 2.24) is 4.90 Å². The maximum Gasteiger partial charge on any atom is 0.236 e. The van der Waals surface area contributed by atoms with Crippen LogP contribution in [0.4, 0.5) is 0 Å². The maximum absolute atomic E-state index is 12.9. The predicted molar refractivity (Wildman–Crippen MR) is 87.1 cm³/mol. The van der Waals surface area contributed by atoms with Gasteiger partial charge in [-0.15, -0.1) is 0 Å². The molecule has 1 N–H and O–H groups in total. The Balaban J connectivity index is 1.88. The van der Waals surface area contributed by atoms with E-state index in [0.717, 1.165) is 22.3 Å². The second-order valence-electron chi connectivity index (χ2n) is 6.84. The fourth-order valence-electron chi connectivity index (χ4n) is 5.10. The van der Waals surface area contributed by atoms with Crippen molar-refractivity contribution in [3.63, 3.8) is 0 Å². The topological polar surface area (TPSA) is 57.6 Å². The third kappa shape index (κ3) is 1.31. The van der Waals surface area contributed by atoms with E-state index in [0.29, 0.717) is 6.54 Å². The lowest BCUT2D eigenvalue weighted by Gasteiger charge is -2.51. The van der Waals surface area contributed by atoms with Crippen LogP contribution >= 0.6 is 0 Å². The summed E-state index contributed by atoms with van der Waals surface area (Å²) in [5, 5.41) is 11.8. The first kappa shape index (κ1) is 13.9. The lowest BCUT2D eigenvalue weighted by atomic mass is 9.52. The number of amides is 2.